The standard InChI is InChI=1S/C25H27N2OP/c1-28-20-22-12-10-18-27(22)26-19-21-11-8-9-17-25(21)29(23-13-4-2-5-14-23)24-15-6-3-7-16-24/h2-9,11,13-17,19,22H,10,12,18,20H2,1H3/b26-19+. The van der Waals surface area contributed by atoms with Gasteiger partial charge in [0.1, 0.15) is 0 Å². The van der Waals surface area contributed by atoms with E-state index in [1.54, 1.807) is 7.11 Å². The molecule has 3 nitrogen and oxygen atoms in total. The lowest BCUT2D eigenvalue weighted by Crippen LogP contribution is -2.29. The summed E-state index contributed by atoms with van der Waals surface area (Å²) >= 11 is 0. The molecule has 4 rings (SSSR count). The third-order valence-corrected chi connectivity index (χ3v) is 7.77. The first-order valence-electron chi connectivity index (χ1n) is 10.2. The van der Waals surface area contributed by atoms with Crippen molar-refractivity contribution in [3.05, 3.63) is 90.5 Å². The molecule has 29 heavy (non-hydrogen) atoms. The fraction of sp³-hybridized carbons (Fsp3) is 0.240. The van der Waals surface area contributed by atoms with Crippen molar-refractivity contribution in [3.8, 4) is 0 Å². The summed E-state index contributed by atoms with van der Waals surface area (Å²) in [6.07, 6.45) is 4.37. The van der Waals surface area contributed by atoms with Gasteiger partial charge in [-0.05, 0) is 36.7 Å². The fourth-order valence-corrected chi connectivity index (χ4v) is 6.27. The maximum atomic E-state index is 5.37. The lowest BCUT2D eigenvalue weighted by molar-refractivity contribution is 0.118. The Bertz CT molecular complexity index is 890. The van der Waals surface area contributed by atoms with E-state index in [2.05, 4.69) is 89.9 Å². The fourth-order valence-electron chi connectivity index (χ4n) is 3.85. The van der Waals surface area contributed by atoms with Gasteiger partial charge >= 0.3 is 0 Å². The van der Waals surface area contributed by atoms with E-state index in [0.717, 1.165) is 19.6 Å². The lowest BCUT2D eigenvalue weighted by Gasteiger charge is -2.22. The van der Waals surface area contributed by atoms with Crippen LogP contribution in [0, 0.1) is 0 Å². The molecule has 1 heterocycles. The van der Waals surface area contributed by atoms with E-state index >= 15 is 0 Å². The molecule has 1 aliphatic heterocycles. The van der Waals surface area contributed by atoms with Crippen LogP contribution >= 0.6 is 7.92 Å². The van der Waals surface area contributed by atoms with Gasteiger partial charge in [-0.25, -0.2) is 0 Å². The molecule has 0 aromatic heterocycles. The van der Waals surface area contributed by atoms with Gasteiger partial charge in [0.05, 0.1) is 18.9 Å². The van der Waals surface area contributed by atoms with Crippen molar-refractivity contribution in [2.24, 2.45) is 5.10 Å². The number of benzene rings is 3. The quantitative estimate of drug-likeness (QED) is 0.443. The van der Waals surface area contributed by atoms with Gasteiger partial charge in [-0.1, -0.05) is 84.9 Å². The molecule has 0 aliphatic carbocycles. The summed E-state index contributed by atoms with van der Waals surface area (Å²) in [7, 11) is 1.12. The topological polar surface area (TPSA) is 24.8 Å². The van der Waals surface area contributed by atoms with Crippen molar-refractivity contribution < 1.29 is 4.74 Å². The van der Waals surface area contributed by atoms with Crippen LogP contribution in [-0.2, 0) is 4.74 Å². The first kappa shape index (κ1) is 19.8. The second-order valence-corrected chi connectivity index (χ2v) is 9.41. The van der Waals surface area contributed by atoms with Gasteiger partial charge in [0.25, 0.3) is 0 Å². The number of hydrogen-bond donors (Lipinski definition) is 0. The Kier molecular flexibility index (Phi) is 6.71. The van der Waals surface area contributed by atoms with Gasteiger partial charge in [-0.3, -0.25) is 5.01 Å². The second kappa shape index (κ2) is 9.82. The Morgan fingerprint density at radius 3 is 2.21 bits per heavy atom. The van der Waals surface area contributed by atoms with Gasteiger partial charge in [-0.2, -0.15) is 5.10 Å². The molecule has 0 N–H and O–H groups in total. The molecule has 1 fully saturated rings. The molecule has 0 saturated carbocycles. The summed E-state index contributed by atoms with van der Waals surface area (Å²) in [6, 6.07) is 30.7. The lowest BCUT2D eigenvalue weighted by atomic mass is 10.2. The Labute approximate surface area is 174 Å². The molecule has 0 spiro atoms. The summed E-state index contributed by atoms with van der Waals surface area (Å²) < 4.78 is 5.37. The van der Waals surface area contributed by atoms with Crippen LogP contribution in [0.3, 0.4) is 0 Å². The van der Waals surface area contributed by atoms with Gasteiger partial charge in [0, 0.05) is 19.2 Å². The maximum Gasteiger partial charge on any atom is 0.0704 e. The summed E-state index contributed by atoms with van der Waals surface area (Å²) in [5.41, 5.74) is 1.19. The molecule has 0 bridgehead atoms. The summed E-state index contributed by atoms with van der Waals surface area (Å²) in [4.78, 5) is 0. The highest BCUT2D eigenvalue weighted by molar-refractivity contribution is 7.80. The monoisotopic (exact) mass is 402 g/mol. The van der Waals surface area contributed by atoms with Gasteiger partial charge in [0.15, 0.2) is 0 Å². The zero-order valence-electron chi connectivity index (χ0n) is 16.8. The van der Waals surface area contributed by atoms with Gasteiger partial charge in [0.2, 0.25) is 0 Å². The van der Waals surface area contributed by atoms with Crippen molar-refractivity contribution in [1.82, 2.24) is 5.01 Å². The van der Waals surface area contributed by atoms with E-state index in [4.69, 9.17) is 9.84 Å². The normalized spacial score (nSPS) is 16.8. The molecule has 4 heteroatoms. The van der Waals surface area contributed by atoms with E-state index in [-0.39, 0.29) is 0 Å². The highest BCUT2D eigenvalue weighted by Gasteiger charge is 2.23. The maximum absolute atomic E-state index is 5.37. The largest absolute Gasteiger partial charge is 0.382 e. The number of hydrogen-bond acceptors (Lipinski definition) is 3. The van der Waals surface area contributed by atoms with Crippen molar-refractivity contribution in [3.63, 3.8) is 0 Å². The minimum absolute atomic E-state index is 0.383. The smallest absolute Gasteiger partial charge is 0.0704 e. The molecule has 148 valence electrons. The van der Waals surface area contributed by atoms with Crippen molar-refractivity contribution in [2.75, 3.05) is 20.3 Å². The van der Waals surface area contributed by atoms with Crippen LogP contribution in [0.2, 0.25) is 0 Å². The number of methoxy groups -OCH3 is 1. The Balaban J connectivity index is 1.71. The van der Waals surface area contributed by atoms with Crippen LogP contribution in [-0.4, -0.2) is 37.5 Å². The van der Waals surface area contributed by atoms with Crippen LogP contribution in [0.1, 0.15) is 18.4 Å². The average Bonchev–Trinajstić information content (AvgIpc) is 3.22. The summed E-state index contributed by atoms with van der Waals surface area (Å²) in [5.74, 6) is 0. The van der Waals surface area contributed by atoms with Crippen LogP contribution in [0.5, 0.6) is 0 Å². The average molecular weight is 402 g/mol. The van der Waals surface area contributed by atoms with Gasteiger partial charge < -0.3 is 4.74 Å². The van der Waals surface area contributed by atoms with E-state index in [1.165, 1.54) is 27.9 Å². The zero-order chi connectivity index (χ0) is 19.9. The zero-order valence-corrected chi connectivity index (χ0v) is 17.7. The molecule has 1 atom stereocenters. The minimum Gasteiger partial charge on any atom is -0.382 e. The predicted octanol–water partition coefficient (Wildman–Crippen LogP) is 3.89. The number of hydrazone groups is 1. The van der Waals surface area contributed by atoms with Crippen LogP contribution in [0.4, 0.5) is 0 Å². The third kappa shape index (κ3) is 4.75. The first-order chi connectivity index (χ1) is 14.4. The summed E-state index contributed by atoms with van der Waals surface area (Å²) in [5, 5.41) is 11.1. The number of nitrogens with zero attached hydrogens (tertiary/aromatic N) is 2. The van der Waals surface area contributed by atoms with Crippen LogP contribution in [0.15, 0.2) is 90.0 Å². The highest BCUT2D eigenvalue weighted by Crippen LogP contribution is 2.33. The highest BCUT2D eigenvalue weighted by atomic mass is 31.1. The molecule has 0 radical (unpaired) electrons. The molecule has 1 saturated heterocycles. The summed E-state index contributed by atoms with van der Waals surface area (Å²) in [6.45, 7) is 1.73. The first-order valence-corrected chi connectivity index (χ1v) is 11.5. The van der Waals surface area contributed by atoms with Crippen molar-refractivity contribution >= 4 is 30.0 Å². The molecule has 3 aromatic carbocycles. The Hall–Kier alpha value is -2.48. The molecule has 0 amide bonds. The van der Waals surface area contributed by atoms with Crippen LogP contribution < -0.4 is 15.9 Å². The molecule has 1 aliphatic rings. The van der Waals surface area contributed by atoms with E-state index in [0.29, 0.717) is 6.04 Å². The van der Waals surface area contributed by atoms with E-state index in [1.807, 2.05) is 6.21 Å². The predicted molar refractivity (Wildman–Crippen MR) is 124 cm³/mol. The van der Waals surface area contributed by atoms with Gasteiger partial charge in [-0.15, -0.1) is 0 Å². The van der Waals surface area contributed by atoms with Crippen molar-refractivity contribution in [2.45, 2.75) is 18.9 Å². The minimum atomic E-state index is -0.643. The number of ether oxygens (including phenoxy) is 1. The third-order valence-electron chi connectivity index (χ3n) is 5.26. The molecule has 1 unspecified atom stereocenters. The Morgan fingerprint density at radius 2 is 1.55 bits per heavy atom. The molecule has 3 aromatic rings. The SMILES string of the molecule is COCC1CCCN1/N=C/c1ccccc1P(c1ccccc1)c1ccccc1. The second-order valence-electron chi connectivity index (χ2n) is 7.22. The number of rotatable bonds is 7. The Morgan fingerprint density at radius 1 is 0.931 bits per heavy atom. The van der Waals surface area contributed by atoms with E-state index < -0.39 is 7.92 Å². The van der Waals surface area contributed by atoms with Crippen LogP contribution in [0.25, 0.3) is 0 Å². The molecular weight excluding hydrogens is 375 g/mol. The van der Waals surface area contributed by atoms with E-state index in [9.17, 15) is 0 Å². The van der Waals surface area contributed by atoms with Crippen molar-refractivity contribution in [1.29, 1.82) is 0 Å². The molecular formula is C25H27N2OP.